The lowest BCUT2D eigenvalue weighted by atomic mass is 10.1. The molecule has 1 aliphatic heterocycles. The van der Waals surface area contributed by atoms with Crippen LogP contribution in [0.1, 0.15) is 35.2 Å². The van der Waals surface area contributed by atoms with Gasteiger partial charge in [0.15, 0.2) is 15.5 Å². The number of pyridine rings is 1. The van der Waals surface area contributed by atoms with Gasteiger partial charge in [0.05, 0.1) is 35.1 Å². The van der Waals surface area contributed by atoms with Crippen LogP contribution in [-0.2, 0) is 16.4 Å². The summed E-state index contributed by atoms with van der Waals surface area (Å²) < 4.78 is 41.7. The van der Waals surface area contributed by atoms with E-state index in [0.29, 0.717) is 54.0 Å². The quantitative estimate of drug-likeness (QED) is 0.394. The molecule has 3 aromatic heterocycles. The van der Waals surface area contributed by atoms with Gasteiger partial charge in [-0.1, -0.05) is 0 Å². The van der Waals surface area contributed by atoms with Crippen molar-refractivity contribution in [2.24, 2.45) is 0 Å². The van der Waals surface area contributed by atoms with Gasteiger partial charge >= 0.3 is 0 Å². The number of amides is 1. The van der Waals surface area contributed by atoms with E-state index in [1.54, 1.807) is 37.6 Å². The molecule has 4 aromatic rings. The van der Waals surface area contributed by atoms with E-state index < -0.39 is 9.84 Å². The van der Waals surface area contributed by atoms with E-state index in [1.165, 1.54) is 12.1 Å². The number of benzene rings is 1. The number of sulfone groups is 1. The molecule has 182 valence electrons. The molecule has 9 nitrogen and oxygen atoms in total. The summed E-state index contributed by atoms with van der Waals surface area (Å²) in [5.74, 6) is 0.0329. The number of nitrogens with zero attached hydrogens (tertiary/aromatic N) is 5. The minimum Gasteiger partial charge on any atom is -0.351 e. The monoisotopic (exact) mass is 496 g/mol. The lowest BCUT2D eigenvalue weighted by Gasteiger charge is -2.15. The van der Waals surface area contributed by atoms with Crippen LogP contribution in [0.3, 0.4) is 0 Å². The van der Waals surface area contributed by atoms with Gasteiger partial charge in [-0.05, 0) is 50.1 Å². The Kier molecular flexibility index (Phi) is 6.10. The molecule has 1 unspecified atom stereocenters. The first-order valence-electron chi connectivity index (χ1n) is 11.4. The van der Waals surface area contributed by atoms with Crippen LogP contribution in [-0.4, -0.2) is 56.5 Å². The number of carbonyl (C=O) groups excluding carboxylic acids is 1. The maximum atomic E-state index is 13.5. The Morgan fingerprint density at radius 1 is 1.23 bits per heavy atom. The van der Waals surface area contributed by atoms with Gasteiger partial charge in [0.2, 0.25) is 0 Å². The van der Waals surface area contributed by atoms with Crippen LogP contribution in [0.15, 0.2) is 49.1 Å². The molecule has 0 bridgehead atoms. The maximum Gasteiger partial charge on any atom is 0.272 e. The largest absolute Gasteiger partial charge is 0.351 e. The Hall–Kier alpha value is -3.60. The molecule has 1 fully saturated rings. The molecule has 1 atom stereocenters. The molecule has 1 aliphatic rings. The molecular formula is C24H25FN6O3S. The van der Waals surface area contributed by atoms with Gasteiger partial charge in [-0.2, -0.15) is 0 Å². The molecule has 11 heteroatoms. The fraction of sp³-hybridized carbons (Fsp3) is 0.333. The Balaban J connectivity index is 1.51. The van der Waals surface area contributed by atoms with Crippen LogP contribution < -0.4 is 5.32 Å². The summed E-state index contributed by atoms with van der Waals surface area (Å²) >= 11 is 0. The number of halogens is 1. The van der Waals surface area contributed by atoms with Crippen LogP contribution in [0.25, 0.3) is 22.3 Å². The summed E-state index contributed by atoms with van der Waals surface area (Å²) in [4.78, 5) is 26.4. The van der Waals surface area contributed by atoms with Crippen molar-refractivity contribution in [1.29, 1.82) is 0 Å². The minimum atomic E-state index is -3.13. The molecule has 0 radical (unpaired) electrons. The highest BCUT2D eigenvalue weighted by Crippen LogP contribution is 2.32. The summed E-state index contributed by atoms with van der Waals surface area (Å²) in [5, 5.41) is 2.91. The second-order valence-corrected chi connectivity index (χ2v) is 11.0. The third-order valence-corrected chi connectivity index (χ3v) is 7.97. The van der Waals surface area contributed by atoms with E-state index in [9.17, 15) is 17.6 Å². The number of aromatic nitrogens is 5. The number of fused-ring (bicyclic) bond motifs is 1. The third kappa shape index (κ3) is 4.81. The SMILES string of the molecule is Cc1nc2c(C(=O)NCCCn3ccnc3)nc(-c3ccc(F)cc3)cc2n1C1CCS(=O)(=O)C1. The van der Waals surface area contributed by atoms with Crippen molar-refractivity contribution in [2.45, 2.75) is 32.4 Å². The highest BCUT2D eigenvalue weighted by Gasteiger charge is 2.32. The van der Waals surface area contributed by atoms with Crippen molar-refractivity contribution in [1.82, 2.24) is 29.4 Å². The fourth-order valence-corrected chi connectivity index (χ4v) is 6.24. The number of carbonyl (C=O) groups is 1. The first-order valence-corrected chi connectivity index (χ1v) is 13.2. The van der Waals surface area contributed by atoms with Crippen molar-refractivity contribution in [3.63, 3.8) is 0 Å². The summed E-state index contributed by atoms with van der Waals surface area (Å²) in [6.07, 6.45) is 6.47. The molecule has 5 rings (SSSR count). The van der Waals surface area contributed by atoms with Gasteiger partial charge in [-0.25, -0.2) is 27.8 Å². The first-order chi connectivity index (χ1) is 16.8. The van der Waals surface area contributed by atoms with Gasteiger partial charge in [0.1, 0.15) is 17.2 Å². The zero-order chi connectivity index (χ0) is 24.6. The summed E-state index contributed by atoms with van der Waals surface area (Å²) in [5.41, 5.74) is 2.36. The van der Waals surface area contributed by atoms with E-state index in [-0.39, 0.29) is 35.0 Å². The van der Waals surface area contributed by atoms with E-state index in [1.807, 2.05) is 15.3 Å². The molecule has 0 spiro atoms. The lowest BCUT2D eigenvalue weighted by molar-refractivity contribution is 0.0949. The molecular weight excluding hydrogens is 471 g/mol. The van der Waals surface area contributed by atoms with Crippen molar-refractivity contribution in [3.05, 3.63) is 66.4 Å². The van der Waals surface area contributed by atoms with Crippen molar-refractivity contribution in [3.8, 4) is 11.3 Å². The molecule has 1 amide bonds. The van der Waals surface area contributed by atoms with E-state index in [0.717, 1.165) is 0 Å². The molecule has 1 aromatic carbocycles. The van der Waals surface area contributed by atoms with E-state index >= 15 is 0 Å². The second-order valence-electron chi connectivity index (χ2n) is 8.73. The number of imidazole rings is 2. The van der Waals surface area contributed by atoms with Gasteiger partial charge in [-0.3, -0.25) is 4.79 Å². The summed E-state index contributed by atoms with van der Waals surface area (Å²) in [6, 6.07) is 7.41. The number of nitrogens with one attached hydrogen (secondary N) is 1. The Morgan fingerprint density at radius 2 is 2.03 bits per heavy atom. The Bertz CT molecular complexity index is 1480. The van der Waals surface area contributed by atoms with E-state index in [2.05, 4.69) is 20.3 Å². The van der Waals surface area contributed by atoms with Crippen LogP contribution in [0, 0.1) is 12.7 Å². The van der Waals surface area contributed by atoms with Crippen LogP contribution in [0.5, 0.6) is 0 Å². The average molecular weight is 497 g/mol. The third-order valence-electron chi connectivity index (χ3n) is 6.22. The van der Waals surface area contributed by atoms with Gasteiger partial charge in [0, 0.05) is 31.0 Å². The number of hydrogen-bond acceptors (Lipinski definition) is 6. The van der Waals surface area contributed by atoms with Gasteiger partial charge in [0.25, 0.3) is 5.91 Å². The van der Waals surface area contributed by atoms with Crippen molar-refractivity contribution in [2.75, 3.05) is 18.1 Å². The predicted molar refractivity (Wildman–Crippen MR) is 129 cm³/mol. The second kappa shape index (κ2) is 9.21. The molecule has 35 heavy (non-hydrogen) atoms. The predicted octanol–water partition coefficient (Wildman–Crippen LogP) is 2.92. The number of rotatable bonds is 7. The van der Waals surface area contributed by atoms with Crippen LogP contribution in [0.4, 0.5) is 4.39 Å². The Morgan fingerprint density at radius 3 is 2.71 bits per heavy atom. The first kappa shape index (κ1) is 23.2. The number of hydrogen-bond donors (Lipinski definition) is 1. The van der Waals surface area contributed by atoms with Crippen LogP contribution in [0.2, 0.25) is 0 Å². The fourth-order valence-electron chi connectivity index (χ4n) is 4.54. The zero-order valence-corrected chi connectivity index (χ0v) is 20.0. The minimum absolute atomic E-state index is 0.0310. The molecule has 1 saturated heterocycles. The Labute approximate surface area is 202 Å². The zero-order valence-electron chi connectivity index (χ0n) is 19.2. The highest BCUT2D eigenvalue weighted by atomic mass is 32.2. The van der Waals surface area contributed by atoms with Gasteiger partial charge < -0.3 is 14.5 Å². The standard InChI is InChI=1S/C24H25FN6O3S/c1-16-28-22-21(31(16)19-7-12-35(33,34)14-19)13-20(17-3-5-18(25)6-4-17)29-23(22)24(32)27-8-2-10-30-11-9-26-15-30/h3-6,9,11,13,15,19H,2,7-8,10,12,14H2,1H3,(H,27,32). The van der Waals surface area contributed by atoms with Gasteiger partial charge in [-0.15, -0.1) is 0 Å². The average Bonchev–Trinajstić information content (AvgIpc) is 3.54. The molecule has 4 heterocycles. The smallest absolute Gasteiger partial charge is 0.272 e. The summed E-state index contributed by atoms with van der Waals surface area (Å²) in [7, 11) is -3.13. The maximum absolute atomic E-state index is 13.5. The number of aryl methyl sites for hydroxylation is 2. The van der Waals surface area contributed by atoms with Crippen molar-refractivity contribution >= 4 is 26.8 Å². The normalized spacial score (nSPS) is 17.1. The summed E-state index contributed by atoms with van der Waals surface area (Å²) in [6.45, 7) is 2.94. The van der Waals surface area contributed by atoms with Crippen molar-refractivity contribution < 1.29 is 17.6 Å². The highest BCUT2D eigenvalue weighted by molar-refractivity contribution is 7.91. The van der Waals surface area contributed by atoms with E-state index in [4.69, 9.17) is 0 Å². The lowest BCUT2D eigenvalue weighted by Crippen LogP contribution is -2.26. The molecule has 1 N–H and O–H groups in total. The van der Waals surface area contributed by atoms with Crippen LogP contribution >= 0.6 is 0 Å². The molecule has 0 saturated carbocycles. The molecule has 0 aliphatic carbocycles. The topological polar surface area (TPSA) is 112 Å².